The van der Waals surface area contributed by atoms with E-state index in [1.165, 1.54) is 18.4 Å². The Kier molecular flexibility index (Phi) is 5.33. The second-order valence-corrected chi connectivity index (χ2v) is 6.25. The molecule has 0 aromatic carbocycles. The summed E-state index contributed by atoms with van der Waals surface area (Å²) in [5, 5.41) is 3.44. The van der Waals surface area contributed by atoms with E-state index in [2.05, 4.69) is 44.1 Å². The van der Waals surface area contributed by atoms with Gasteiger partial charge in [0.05, 0.1) is 12.7 Å². The molecule has 1 N–H and O–H groups in total. The molecule has 3 rings (SSSR count). The Morgan fingerprint density at radius 1 is 1.35 bits per heavy atom. The van der Waals surface area contributed by atoms with E-state index >= 15 is 0 Å². The summed E-state index contributed by atoms with van der Waals surface area (Å²) in [4.78, 5) is 13.6. The lowest BCUT2D eigenvalue weighted by atomic mass is 10.2. The number of ether oxygens (including phenoxy) is 1. The van der Waals surface area contributed by atoms with Gasteiger partial charge in [-0.1, -0.05) is 6.07 Å². The van der Waals surface area contributed by atoms with Crippen LogP contribution in [0.15, 0.2) is 23.3 Å². The van der Waals surface area contributed by atoms with Crippen molar-refractivity contribution in [1.82, 2.24) is 15.2 Å². The number of anilines is 1. The summed E-state index contributed by atoms with van der Waals surface area (Å²) < 4.78 is 5.58. The van der Waals surface area contributed by atoms with Crippen LogP contribution in [0, 0.1) is 0 Å². The van der Waals surface area contributed by atoms with Gasteiger partial charge >= 0.3 is 0 Å². The lowest BCUT2D eigenvalue weighted by Crippen LogP contribution is -2.41. The first-order chi connectivity index (χ1) is 11.3. The zero-order chi connectivity index (χ0) is 16.1. The number of hydrogen-bond donors (Lipinski definition) is 1. The van der Waals surface area contributed by atoms with E-state index in [1.54, 1.807) is 0 Å². The normalized spacial score (nSPS) is 22.5. The second kappa shape index (κ2) is 7.64. The summed E-state index contributed by atoms with van der Waals surface area (Å²) in [6.07, 6.45) is 4.75. The molecule has 0 amide bonds. The molecule has 1 atom stereocenters. The van der Waals surface area contributed by atoms with Crippen molar-refractivity contribution < 1.29 is 4.74 Å². The van der Waals surface area contributed by atoms with Crippen LogP contribution in [0.2, 0.25) is 0 Å². The molecule has 6 nitrogen and oxygen atoms in total. The Morgan fingerprint density at radius 3 is 2.83 bits per heavy atom. The number of nitrogens with zero attached hydrogens (tertiary/aromatic N) is 4. The van der Waals surface area contributed by atoms with Gasteiger partial charge in [-0.15, -0.1) is 0 Å². The molecule has 0 bridgehead atoms. The molecule has 2 aliphatic heterocycles. The van der Waals surface area contributed by atoms with Crippen LogP contribution in [0.4, 0.5) is 5.82 Å². The third-order valence-electron chi connectivity index (χ3n) is 4.44. The van der Waals surface area contributed by atoms with E-state index in [9.17, 15) is 0 Å². The van der Waals surface area contributed by atoms with Crippen molar-refractivity contribution in [2.24, 2.45) is 4.99 Å². The average molecular weight is 317 g/mol. The number of likely N-dealkylation sites (tertiary alicyclic amines) is 1. The van der Waals surface area contributed by atoms with E-state index in [0.717, 1.165) is 51.1 Å². The number of hydrogen-bond acceptors (Lipinski definition) is 4. The van der Waals surface area contributed by atoms with Crippen molar-refractivity contribution in [3.8, 4) is 0 Å². The van der Waals surface area contributed by atoms with Crippen LogP contribution in [0.5, 0.6) is 0 Å². The van der Waals surface area contributed by atoms with Gasteiger partial charge in [-0.3, -0.25) is 4.99 Å². The quantitative estimate of drug-likeness (QED) is 0.676. The van der Waals surface area contributed by atoms with Crippen LogP contribution in [0.25, 0.3) is 0 Å². The Labute approximate surface area is 138 Å². The zero-order valence-electron chi connectivity index (χ0n) is 14.2. The molecule has 6 heteroatoms. The van der Waals surface area contributed by atoms with Gasteiger partial charge in [0.15, 0.2) is 5.96 Å². The van der Waals surface area contributed by atoms with Gasteiger partial charge in [-0.25, -0.2) is 4.98 Å². The van der Waals surface area contributed by atoms with Gasteiger partial charge in [-0.05, 0) is 31.4 Å². The minimum Gasteiger partial charge on any atom is -0.375 e. The highest BCUT2D eigenvalue weighted by molar-refractivity contribution is 5.80. The maximum Gasteiger partial charge on any atom is 0.193 e. The molecule has 0 spiro atoms. The smallest absolute Gasteiger partial charge is 0.193 e. The highest BCUT2D eigenvalue weighted by Gasteiger charge is 2.18. The van der Waals surface area contributed by atoms with Gasteiger partial charge < -0.3 is 19.9 Å². The van der Waals surface area contributed by atoms with Crippen molar-refractivity contribution in [2.45, 2.75) is 32.4 Å². The van der Waals surface area contributed by atoms with Gasteiger partial charge in [0, 0.05) is 46.0 Å². The number of pyridine rings is 1. The largest absolute Gasteiger partial charge is 0.375 e. The maximum absolute atomic E-state index is 5.58. The second-order valence-electron chi connectivity index (χ2n) is 6.25. The molecular formula is C17H27N5O. The van der Waals surface area contributed by atoms with E-state index in [0.29, 0.717) is 0 Å². The standard InChI is InChI=1S/C17H27N5O/c1-14-13-22(9-10-23-14)16-6-5-15(11-19-16)12-20-17(18-2)21-7-3-4-8-21/h5-6,11,14H,3-4,7-10,12-13H2,1-2H3,(H,18,20). The lowest BCUT2D eigenvalue weighted by Gasteiger charge is -2.32. The van der Waals surface area contributed by atoms with Crippen molar-refractivity contribution >= 4 is 11.8 Å². The monoisotopic (exact) mass is 317 g/mol. The predicted octanol–water partition coefficient (Wildman–Crippen LogP) is 1.48. The molecule has 126 valence electrons. The molecule has 2 aliphatic rings. The molecule has 3 heterocycles. The Balaban J connectivity index is 1.54. The average Bonchev–Trinajstić information content (AvgIpc) is 3.10. The zero-order valence-corrected chi connectivity index (χ0v) is 14.2. The third kappa shape index (κ3) is 4.13. The fourth-order valence-corrected chi connectivity index (χ4v) is 3.18. The third-order valence-corrected chi connectivity index (χ3v) is 4.44. The summed E-state index contributed by atoms with van der Waals surface area (Å²) in [5.74, 6) is 2.03. The van der Waals surface area contributed by atoms with E-state index in [4.69, 9.17) is 4.74 Å². The minimum atomic E-state index is 0.274. The Bertz CT molecular complexity index is 524. The van der Waals surface area contributed by atoms with Crippen molar-refractivity contribution in [3.63, 3.8) is 0 Å². The highest BCUT2D eigenvalue weighted by atomic mass is 16.5. The predicted molar refractivity (Wildman–Crippen MR) is 92.9 cm³/mol. The maximum atomic E-state index is 5.58. The van der Waals surface area contributed by atoms with Gasteiger partial charge in [0.25, 0.3) is 0 Å². The minimum absolute atomic E-state index is 0.274. The number of guanidine groups is 1. The molecule has 23 heavy (non-hydrogen) atoms. The van der Waals surface area contributed by atoms with E-state index in [-0.39, 0.29) is 6.10 Å². The molecule has 0 radical (unpaired) electrons. The first-order valence-electron chi connectivity index (χ1n) is 8.53. The molecule has 1 aromatic heterocycles. The van der Waals surface area contributed by atoms with Crippen molar-refractivity contribution in [3.05, 3.63) is 23.9 Å². The van der Waals surface area contributed by atoms with Crippen molar-refractivity contribution in [2.75, 3.05) is 44.7 Å². The summed E-state index contributed by atoms with van der Waals surface area (Å²) in [5.41, 5.74) is 1.18. The lowest BCUT2D eigenvalue weighted by molar-refractivity contribution is 0.0529. The van der Waals surface area contributed by atoms with E-state index < -0.39 is 0 Å². The number of rotatable bonds is 3. The van der Waals surface area contributed by atoms with Crippen LogP contribution in [0.3, 0.4) is 0 Å². The molecular weight excluding hydrogens is 290 g/mol. The first-order valence-corrected chi connectivity index (χ1v) is 8.53. The van der Waals surface area contributed by atoms with Crippen LogP contribution >= 0.6 is 0 Å². The van der Waals surface area contributed by atoms with Crippen LogP contribution < -0.4 is 10.2 Å². The van der Waals surface area contributed by atoms with Crippen LogP contribution in [0.1, 0.15) is 25.3 Å². The highest BCUT2D eigenvalue weighted by Crippen LogP contribution is 2.15. The Morgan fingerprint density at radius 2 is 2.17 bits per heavy atom. The number of nitrogens with one attached hydrogen (secondary N) is 1. The number of aliphatic imine (C=N–C) groups is 1. The molecule has 0 aliphatic carbocycles. The van der Waals surface area contributed by atoms with Gasteiger partial charge in [0.2, 0.25) is 0 Å². The summed E-state index contributed by atoms with van der Waals surface area (Å²) in [7, 11) is 1.85. The fraction of sp³-hybridized carbons (Fsp3) is 0.647. The summed E-state index contributed by atoms with van der Waals surface area (Å²) >= 11 is 0. The molecule has 1 unspecified atom stereocenters. The Hall–Kier alpha value is -1.82. The summed E-state index contributed by atoms with van der Waals surface area (Å²) in [6.45, 7) is 7.67. The van der Waals surface area contributed by atoms with Crippen LogP contribution in [-0.2, 0) is 11.3 Å². The number of morpholine rings is 1. The summed E-state index contributed by atoms with van der Waals surface area (Å²) in [6, 6.07) is 4.25. The SMILES string of the molecule is CN=C(NCc1ccc(N2CCOC(C)C2)nc1)N1CCCC1. The fourth-order valence-electron chi connectivity index (χ4n) is 3.18. The van der Waals surface area contributed by atoms with Gasteiger partial charge in [-0.2, -0.15) is 0 Å². The molecule has 0 saturated carbocycles. The van der Waals surface area contributed by atoms with Crippen LogP contribution in [-0.4, -0.2) is 61.8 Å². The number of aromatic nitrogens is 1. The van der Waals surface area contributed by atoms with Gasteiger partial charge in [0.1, 0.15) is 5.82 Å². The van der Waals surface area contributed by atoms with Crippen molar-refractivity contribution in [1.29, 1.82) is 0 Å². The molecule has 2 saturated heterocycles. The topological polar surface area (TPSA) is 53.0 Å². The first kappa shape index (κ1) is 16.1. The molecule has 1 aromatic rings. The van der Waals surface area contributed by atoms with E-state index in [1.807, 2.05) is 13.2 Å². The molecule has 2 fully saturated rings.